The number of hydrogen-bond acceptors (Lipinski definition) is 4. The highest BCUT2D eigenvalue weighted by Gasteiger charge is 2.16. The molecule has 0 amide bonds. The summed E-state index contributed by atoms with van der Waals surface area (Å²) in [6, 6.07) is 12.2. The van der Waals surface area contributed by atoms with Crippen LogP contribution in [0.4, 0.5) is 0 Å². The van der Waals surface area contributed by atoms with Crippen molar-refractivity contribution >= 4 is 33.0 Å². The molecule has 2 aromatic rings. The number of nitrogens with one attached hydrogen (secondary N) is 1. The third-order valence-corrected chi connectivity index (χ3v) is 5.27. The number of aliphatic hydroxyl groups excluding tert-OH is 1. The highest BCUT2D eigenvalue weighted by Crippen LogP contribution is 2.26. The lowest BCUT2D eigenvalue weighted by molar-refractivity contribution is 0.185. The molecule has 0 aliphatic rings. The number of halogens is 1. The minimum absolute atomic E-state index is 0.0635. The van der Waals surface area contributed by atoms with Crippen molar-refractivity contribution in [2.45, 2.75) is 11.9 Å². The molecule has 4 nitrogen and oxygen atoms in total. The molecule has 1 atom stereocenters. The van der Waals surface area contributed by atoms with Crippen molar-refractivity contribution in [2.24, 2.45) is 0 Å². The van der Waals surface area contributed by atoms with Gasteiger partial charge in [-0.25, -0.2) is 13.1 Å². The highest BCUT2D eigenvalue weighted by molar-refractivity contribution is 7.88. The van der Waals surface area contributed by atoms with Gasteiger partial charge in [-0.05, 0) is 17.7 Å². The van der Waals surface area contributed by atoms with Gasteiger partial charge in [-0.2, -0.15) is 0 Å². The van der Waals surface area contributed by atoms with E-state index in [9.17, 15) is 13.5 Å². The van der Waals surface area contributed by atoms with Gasteiger partial charge >= 0.3 is 0 Å². The van der Waals surface area contributed by atoms with Crippen molar-refractivity contribution in [1.29, 1.82) is 0 Å². The molecule has 0 saturated heterocycles. The smallest absolute Gasteiger partial charge is 0.215 e. The summed E-state index contributed by atoms with van der Waals surface area (Å²) in [7, 11) is -3.47. The first kappa shape index (κ1) is 15.5. The zero-order valence-electron chi connectivity index (χ0n) is 10.5. The van der Waals surface area contributed by atoms with Crippen LogP contribution in [0.3, 0.4) is 0 Å². The van der Waals surface area contributed by atoms with E-state index in [0.29, 0.717) is 14.8 Å². The zero-order valence-corrected chi connectivity index (χ0v) is 12.9. The lowest BCUT2D eigenvalue weighted by Crippen LogP contribution is -2.29. The number of rotatable bonds is 6. The number of aliphatic hydroxyl groups is 1. The molecule has 2 rings (SSSR count). The maximum atomic E-state index is 11.9. The lowest BCUT2D eigenvalue weighted by Gasteiger charge is -2.10. The van der Waals surface area contributed by atoms with Crippen LogP contribution in [-0.4, -0.2) is 20.1 Å². The molecular formula is C13H14ClNO3S2. The van der Waals surface area contributed by atoms with Gasteiger partial charge in [0.25, 0.3) is 0 Å². The Hall–Kier alpha value is -0.920. The fourth-order valence-corrected chi connectivity index (χ4v) is 3.85. The second-order valence-corrected chi connectivity index (χ2v) is 7.80. The maximum absolute atomic E-state index is 11.9. The van der Waals surface area contributed by atoms with Crippen LogP contribution in [0.25, 0.3) is 0 Å². The van der Waals surface area contributed by atoms with Crippen LogP contribution in [0.2, 0.25) is 4.34 Å². The highest BCUT2D eigenvalue weighted by atomic mass is 35.5. The third-order valence-electron chi connectivity index (χ3n) is 2.62. The number of benzene rings is 1. The van der Waals surface area contributed by atoms with Gasteiger partial charge in [-0.15, -0.1) is 11.3 Å². The van der Waals surface area contributed by atoms with Crippen LogP contribution in [0.15, 0.2) is 42.5 Å². The van der Waals surface area contributed by atoms with Crippen LogP contribution in [0.5, 0.6) is 0 Å². The van der Waals surface area contributed by atoms with E-state index in [1.807, 2.05) is 6.07 Å². The number of thiophene rings is 1. The van der Waals surface area contributed by atoms with Gasteiger partial charge in [0, 0.05) is 11.4 Å². The fourth-order valence-electron chi connectivity index (χ4n) is 1.66. The quantitative estimate of drug-likeness (QED) is 0.855. The summed E-state index contributed by atoms with van der Waals surface area (Å²) in [5, 5.41) is 9.89. The maximum Gasteiger partial charge on any atom is 0.215 e. The molecule has 0 spiro atoms. The SMILES string of the molecule is O=S(=O)(Cc1ccccc1)NCC(O)c1ccc(Cl)s1. The Kier molecular flexibility index (Phi) is 5.17. The Morgan fingerprint density at radius 2 is 1.90 bits per heavy atom. The molecule has 2 N–H and O–H groups in total. The van der Waals surface area contributed by atoms with E-state index in [2.05, 4.69) is 4.72 Å². The van der Waals surface area contributed by atoms with Crippen molar-refractivity contribution in [3.63, 3.8) is 0 Å². The van der Waals surface area contributed by atoms with Gasteiger partial charge in [-0.3, -0.25) is 0 Å². The third kappa shape index (κ3) is 4.57. The van der Waals surface area contributed by atoms with Crippen molar-refractivity contribution < 1.29 is 13.5 Å². The second kappa shape index (κ2) is 6.69. The largest absolute Gasteiger partial charge is 0.386 e. The number of hydrogen-bond donors (Lipinski definition) is 2. The molecule has 1 heterocycles. The topological polar surface area (TPSA) is 66.4 Å². The van der Waals surface area contributed by atoms with Gasteiger partial charge in [0.15, 0.2) is 0 Å². The fraction of sp³-hybridized carbons (Fsp3) is 0.231. The van der Waals surface area contributed by atoms with Gasteiger partial charge in [0.05, 0.1) is 10.1 Å². The molecule has 0 aliphatic heterocycles. The number of sulfonamides is 1. The van der Waals surface area contributed by atoms with E-state index in [1.165, 1.54) is 11.3 Å². The lowest BCUT2D eigenvalue weighted by atomic mass is 10.2. The van der Waals surface area contributed by atoms with E-state index >= 15 is 0 Å². The summed E-state index contributed by atoms with van der Waals surface area (Å²) in [5.41, 5.74) is 0.702. The first-order valence-corrected chi connectivity index (χ1v) is 8.75. The summed E-state index contributed by atoms with van der Waals surface area (Å²) < 4.78 is 26.8. The Morgan fingerprint density at radius 1 is 1.20 bits per heavy atom. The molecule has 0 saturated carbocycles. The van der Waals surface area contributed by atoms with E-state index in [1.54, 1.807) is 36.4 Å². The van der Waals surface area contributed by atoms with Crippen LogP contribution >= 0.6 is 22.9 Å². The molecule has 0 aliphatic carbocycles. The minimum Gasteiger partial charge on any atom is -0.386 e. The Balaban J connectivity index is 1.92. The first-order chi connectivity index (χ1) is 9.46. The molecule has 0 fully saturated rings. The van der Waals surface area contributed by atoms with Gasteiger partial charge in [0.1, 0.15) is 6.10 Å². The molecule has 0 bridgehead atoms. The summed E-state index contributed by atoms with van der Waals surface area (Å²) in [6.07, 6.45) is -0.891. The van der Waals surface area contributed by atoms with E-state index in [0.717, 1.165) is 0 Å². The minimum atomic E-state index is -3.47. The second-order valence-electron chi connectivity index (χ2n) is 4.25. The molecule has 1 aromatic heterocycles. The van der Waals surface area contributed by atoms with E-state index in [-0.39, 0.29) is 12.3 Å². The van der Waals surface area contributed by atoms with Crippen molar-refractivity contribution in [2.75, 3.05) is 6.54 Å². The van der Waals surface area contributed by atoms with Gasteiger partial charge in [-0.1, -0.05) is 41.9 Å². The molecule has 7 heteroatoms. The molecule has 1 unspecified atom stereocenters. The normalized spacial score (nSPS) is 13.3. The van der Waals surface area contributed by atoms with Crippen molar-refractivity contribution in [3.8, 4) is 0 Å². The molecule has 20 heavy (non-hydrogen) atoms. The Bertz CT molecular complexity index is 655. The van der Waals surface area contributed by atoms with Crippen molar-refractivity contribution in [3.05, 3.63) is 57.2 Å². The molecule has 1 aromatic carbocycles. The molecular weight excluding hydrogens is 318 g/mol. The van der Waals surface area contributed by atoms with Crippen molar-refractivity contribution in [1.82, 2.24) is 4.72 Å². The summed E-state index contributed by atoms with van der Waals surface area (Å²) in [6.45, 7) is -0.0635. The Labute approximate surface area is 127 Å². The van der Waals surface area contributed by atoms with Crippen LogP contribution in [-0.2, 0) is 15.8 Å². The van der Waals surface area contributed by atoms with Crippen LogP contribution in [0, 0.1) is 0 Å². The summed E-state index contributed by atoms with van der Waals surface area (Å²) >= 11 is 7.00. The van der Waals surface area contributed by atoms with E-state index < -0.39 is 16.1 Å². The predicted molar refractivity (Wildman–Crippen MR) is 81.4 cm³/mol. The zero-order chi connectivity index (χ0) is 14.6. The molecule has 0 radical (unpaired) electrons. The van der Waals surface area contributed by atoms with Crippen LogP contribution in [0.1, 0.15) is 16.5 Å². The standard InChI is InChI=1S/C13H14ClNO3S2/c14-13-7-6-12(19-13)11(16)8-15-20(17,18)9-10-4-2-1-3-5-10/h1-7,11,15-16H,8-9H2. The van der Waals surface area contributed by atoms with Crippen LogP contribution < -0.4 is 4.72 Å². The van der Waals surface area contributed by atoms with E-state index in [4.69, 9.17) is 11.6 Å². The summed E-state index contributed by atoms with van der Waals surface area (Å²) in [5.74, 6) is -0.105. The first-order valence-electron chi connectivity index (χ1n) is 5.91. The van der Waals surface area contributed by atoms with Gasteiger partial charge in [0.2, 0.25) is 10.0 Å². The van der Waals surface area contributed by atoms with Gasteiger partial charge < -0.3 is 5.11 Å². The molecule has 108 valence electrons. The predicted octanol–water partition coefficient (Wildman–Crippen LogP) is 2.55. The average molecular weight is 332 g/mol. The monoisotopic (exact) mass is 331 g/mol. The summed E-state index contributed by atoms with van der Waals surface area (Å²) in [4.78, 5) is 0.636. The average Bonchev–Trinajstić information content (AvgIpc) is 2.83. The Morgan fingerprint density at radius 3 is 2.50 bits per heavy atom.